The van der Waals surface area contributed by atoms with Crippen molar-refractivity contribution in [2.24, 2.45) is 0 Å². The second-order valence-corrected chi connectivity index (χ2v) is 5.44. The van der Waals surface area contributed by atoms with Crippen molar-refractivity contribution in [1.82, 2.24) is 4.90 Å². The van der Waals surface area contributed by atoms with Gasteiger partial charge >= 0.3 is 0 Å². The zero-order chi connectivity index (χ0) is 13.7. The molecule has 0 saturated carbocycles. The third-order valence-electron chi connectivity index (χ3n) is 3.06. The predicted molar refractivity (Wildman–Crippen MR) is 77.8 cm³/mol. The zero-order valence-corrected chi connectivity index (χ0v) is 12.8. The third-order valence-corrected chi connectivity index (χ3v) is 3.80. The molecule has 1 aliphatic heterocycles. The Labute approximate surface area is 122 Å². The summed E-state index contributed by atoms with van der Waals surface area (Å²) in [4.78, 5) is 2.23. The van der Waals surface area contributed by atoms with Gasteiger partial charge in [0.15, 0.2) is 11.5 Å². The molecule has 0 aromatic heterocycles. The molecule has 19 heavy (non-hydrogen) atoms. The van der Waals surface area contributed by atoms with Crippen LogP contribution in [0.5, 0.6) is 11.5 Å². The first-order valence-electron chi connectivity index (χ1n) is 6.65. The van der Waals surface area contributed by atoms with Crippen LogP contribution < -0.4 is 9.47 Å². The molecule has 0 spiro atoms. The van der Waals surface area contributed by atoms with Gasteiger partial charge < -0.3 is 14.6 Å². The van der Waals surface area contributed by atoms with Gasteiger partial charge in [-0.25, -0.2) is 0 Å². The molecule has 0 saturated heterocycles. The van der Waals surface area contributed by atoms with E-state index in [2.05, 4.69) is 27.8 Å². The highest BCUT2D eigenvalue weighted by molar-refractivity contribution is 9.10. The molecule has 2 rings (SSSR count). The van der Waals surface area contributed by atoms with Crippen molar-refractivity contribution in [3.8, 4) is 11.5 Å². The summed E-state index contributed by atoms with van der Waals surface area (Å²) in [5.41, 5.74) is 1.16. The van der Waals surface area contributed by atoms with Crippen LogP contribution in [0, 0.1) is 0 Å². The Kier molecular flexibility index (Phi) is 5.48. The van der Waals surface area contributed by atoms with Gasteiger partial charge in [-0.05, 0) is 30.7 Å². The predicted octanol–water partition coefficient (Wildman–Crippen LogP) is 2.42. The lowest BCUT2D eigenvalue weighted by Gasteiger charge is -2.24. The average Bonchev–Trinajstić information content (AvgIpc) is 2.40. The van der Waals surface area contributed by atoms with E-state index in [4.69, 9.17) is 14.6 Å². The minimum Gasteiger partial charge on any atom is -0.486 e. The maximum absolute atomic E-state index is 9.10. The molecule has 5 heteroatoms. The second kappa shape index (κ2) is 7.12. The first-order valence-corrected chi connectivity index (χ1v) is 7.45. The van der Waals surface area contributed by atoms with Gasteiger partial charge in [0, 0.05) is 17.6 Å². The second-order valence-electron chi connectivity index (χ2n) is 4.59. The molecule has 1 N–H and O–H groups in total. The maximum atomic E-state index is 9.10. The Balaban J connectivity index is 2.14. The molecule has 0 amide bonds. The molecular weight excluding hydrogens is 310 g/mol. The van der Waals surface area contributed by atoms with Crippen molar-refractivity contribution in [2.75, 3.05) is 32.9 Å². The highest BCUT2D eigenvalue weighted by atomic mass is 79.9. The van der Waals surface area contributed by atoms with E-state index in [1.54, 1.807) is 0 Å². The van der Waals surface area contributed by atoms with Crippen molar-refractivity contribution in [3.63, 3.8) is 0 Å². The summed E-state index contributed by atoms with van der Waals surface area (Å²) in [5, 5.41) is 9.10. The number of rotatable bonds is 6. The molecule has 1 heterocycles. The number of aliphatic hydroxyl groups excluding tert-OH is 1. The number of nitrogens with zero attached hydrogens (tertiary/aromatic N) is 1. The van der Waals surface area contributed by atoms with Crippen LogP contribution in [0.1, 0.15) is 18.9 Å². The summed E-state index contributed by atoms with van der Waals surface area (Å²) in [6.45, 7) is 5.99. The lowest BCUT2D eigenvalue weighted by atomic mass is 10.1. The topological polar surface area (TPSA) is 41.9 Å². The van der Waals surface area contributed by atoms with Crippen LogP contribution in [-0.2, 0) is 6.54 Å². The molecule has 106 valence electrons. The summed E-state index contributed by atoms with van der Waals surface area (Å²) < 4.78 is 12.2. The summed E-state index contributed by atoms with van der Waals surface area (Å²) in [5.74, 6) is 1.61. The Hall–Kier alpha value is -0.780. The SMILES string of the molecule is CCCN(CCO)Cc1cc2c(cc1Br)OCCO2. The van der Waals surface area contributed by atoms with Gasteiger partial charge in [-0.15, -0.1) is 0 Å². The highest BCUT2D eigenvalue weighted by Gasteiger charge is 2.16. The van der Waals surface area contributed by atoms with Gasteiger partial charge in [0.05, 0.1) is 6.61 Å². The van der Waals surface area contributed by atoms with Crippen LogP contribution in [0.3, 0.4) is 0 Å². The largest absolute Gasteiger partial charge is 0.486 e. The van der Waals surface area contributed by atoms with Crippen molar-refractivity contribution in [1.29, 1.82) is 0 Å². The lowest BCUT2D eigenvalue weighted by molar-refractivity contribution is 0.169. The van der Waals surface area contributed by atoms with E-state index in [1.165, 1.54) is 0 Å². The maximum Gasteiger partial charge on any atom is 0.162 e. The molecule has 0 unspecified atom stereocenters. The highest BCUT2D eigenvalue weighted by Crippen LogP contribution is 2.35. The van der Waals surface area contributed by atoms with Crippen LogP contribution in [0.2, 0.25) is 0 Å². The molecule has 0 atom stereocenters. The van der Waals surface area contributed by atoms with Gasteiger partial charge in [-0.3, -0.25) is 4.90 Å². The van der Waals surface area contributed by atoms with Crippen LogP contribution >= 0.6 is 15.9 Å². The molecular formula is C14H20BrNO3. The smallest absolute Gasteiger partial charge is 0.162 e. The van der Waals surface area contributed by atoms with Crippen LogP contribution in [0.15, 0.2) is 16.6 Å². The van der Waals surface area contributed by atoms with Gasteiger partial charge in [-0.1, -0.05) is 22.9 Å². The van der Waals surface area contributed by atoms with Crippen LogP contribution in [0.4, 0.5) is 0 Å². The molecule has 0 radical (unpaired) electrons. The quantitative estimate of drug-likeness (QED) is 0.870. The van der Waals surface area contributed by atoms with E-state index in [-0.39, 0.29) is 6.61 Å². The summed E-state index contributed by atoms with van der Waals surface area (Å²) in [7, 11) is 0. The Morgan fingerprint density at radius 1 is 1.21 bits per heavy atom. The molecule has 4 nitrogen and oxygen atoms in total. The van der Waals surface area contributed by atoms with E-state index >= 15 is 0 Å². The number of ether oxygens (including phenoxy) is 2. The average molecular weight is 330 g/mol. The monoisotopic (exact) mass is 329 g/mol. The van der Waals surface area contributed by atoms with E-state index in [1.807, 2.05) is 12.1 Å². The van der Waals surface area contributed by atoms with Gasteiger partial charge in [0.2, 0.25) is 0 Å². The zero-order valence-electron chi connectivity index (χ0n) is 11.2. The van der Waals surface area contributed by atoms with Gasteiger partial charge in [0.25, 0.3) is 0 Å². The fourth-order valence-electron chi connectivity index (χ4n) is 2.20. The number of aliphatic hydroxyl groups is 1. The lowest BCUT2D eigenvalue weighted by Crippen LogP contribution is -2.27. The van der Waals surface area contributed by atoms with Gasteiger partial charge in [0.1, 0.15) is 13.2 Å². The van der Waals surface area contributed by atoms with Gasteiger partial charge in [-0.2, -0.15) is 0 Å². The van der Waals surface area contributed by atoms with Crippen molar-refractivity contribution < 1.29 is 14.6 Å². The number of halogens is 1. The van der Waals surface area contributed by atoms with E-state index < -0.39 is 0 Å². The minimum atomic E-state index is 0.183. The Morgan fingerprint density at radius 3 is 2.53 bits per heavy atom. The Morgan fingerprint density at radius 2 is 1.89 bits per heavy atom. The van der Waals surface area contributed by atoms with Crippen LogP contribution in [-0.4, -0.2) is 42.9 Å². The third kappa shape index (κ3) is 3.84. The first kappa shape index (κ1) is 14.6. The molecule has 1 aromatic carbocycles. The number of fused-ring (bicyclic) bond motifs is 1. The normalized spacial score (nSPS) is 13.9. The van der Waals surface area contributed by atoms with E-state index in [9.17, 15) is 0 Å². The summed E-state index contributed by atoms with van der Waals surface area (Å²) in [6.07, 6.45) is 1.07. The molecule has 0 aliphatic carbocycles. The van der Waals surface area contributed by atoms with Crippen LogP contribution in [0.25, 0.3) is 0 Å². The molecule has 1 aliphatic rings. The Bertz CT molecular complexity index is 419. The first-order chi connectivity index (χ1) is 9.24. The van der Waals surface area contributed by atoms with Crippen molar-refractivity contribution >= 4 is 15.9 Å². The van der Waals surface area contributed by atoms with E-state index in [0.29, 0.717) is 19.8 Å². The van der Waals surface area contributed by atoms with Crippen molar-refractivity contribution in [2.45, 2.75) is 19.9 Å². The number of hydrogen-bond donors (Lipinski definition) is 1. The molecule has 0 bridgehead atoms. The molecule has 1 aromatic rings. The fraction of sp³-hybridized carbons (Fsp3) is 0.571. The fourth-order valence-corrected chi connectivity index (χ4v) is 2.64. The standard InChI is InChI=1S/C14H20BrNO3/c1-2-3-16(4-5-17)10-11-8-13-14(9-12(11)15)19-7-6-18-13/h8-9,17H,2-7,10H2,1H3. The minimum absolute atomic E-state index is 0.183. The van der Waals surface area contributed by atoms with E-state index in [0.717, 1.165) is 41.0 Å². The summed E-state index contributed by atoms with van der Waals surface area (Å²) in [6, 6.07) is 3.99. The number of hydrogen-bond acceptors (Lipinski definition) is 4. The number of benzene rings is 1. The molecule has 0 fully saturated rings. The summed E-state index contributed by atoms with van der Waals surface area (Å²) >= 11 is 3.58. The van der Waals surface area contributed by atoms with Crippen molar-refractivity contribution in [3.05, 3.63) is 22.2 Å².